The summed E-state index contributed by atoms with van der Waals surface area (Å²) >= 11 is 0. The van der Waals surface area contributed by atoms with Crippen LogP contribution in [0.4, 0.5) is 13.2 Å². The van der Waals surface area contributed by atoms with E-state index in [0.29, 0.717) is 0 Å². The van der Waals surface area contributed by atoms with E-state index in [1.165, 1.54) is 0 Å². The van der Waals surface area contributed by atoms with E-state index in [0.717, 1.165) is 32.1 Å². The normalized spacial score (nSPS) is 23.0. The lowest BCUT2D eigenvalue weighted by Crippen LogP contribution is -2.40. The molecule has 0 aromatic rings. The molecule has 0 bridgehead atoms. The first kappa shape index (κ1) is 12.8. The molecule has 2 N–H and O–H groups in total. The van der Waals surface area contributed by atoms with E-state index in [4.69, 9.17) is 5.73 Å². The molecule has 1 saturated carbocycles. The molecule has 0 aromatic heterocycles. The zero-order valence-electron chi connectivity index (χ0n) is 9.24. The third kappa shape index (κ3) is 3.37. The van der Waals surface area contributed by atoms with Crippen LogP contribution in [0.25, 0.3) is 0 Å². The van der Waals surface area contributed by atoms with Crippen LogP contribution in [0.1, 0.15) is 51.9 Å². The van der Waals surface area contributed by atoms with Crippen molar-refractivity contribution in [2.45, 2.75) is 64.1 Å². The van der Waals surface area contributed by atoms with Gasteiger partial charge >= 0.3 is 6.18 Å². The zero-order valence-corrected chi connectivity index (χ0v) is 9.24. The number of halogens is 3. The molecule has 1 aliphatic carbocycles. The van der Waals surface area contributed by atoms with Crippen molar-refractivity contribution in [3.63, 3.8) is 0 Å². The van der Waals surface area contributed by atoms with Gasteiger partial charge in [-0.3, -0.25) is 0 Å². The van der Waals surface area contributed by atoms with E-state index in [2.05, 4.69) is 0 Å². The minimum Gasteiger partial charge on any atom is -0.327 e. The lowest BCUT2D eigenvalue weighted by atomic mass is 9.75. The summed E-state index contributed by atoms with van der Waals surface area (Å²) < 4.78 is 36.2. The maximum atomic E-state index is 12.1. The fourth-order valence-electron chi connectivity index (χ4n) is 2.69. The molecule has 1 fully saturated rings. The van der Waals surface area contributed by atoms with Gasteiger partial charge in [0.05, 0.1) is 0 Å². The molecule has 90 valence electrons. The molecule has 1 nitrogen and oxygen atoms in total. The van der Waals surface area contributed by atoms with Crippen molar-refractivity contribution in [2.75, 3.05) is 0 Å². The van der Waals surface area contributed by atoms with E-state index in [9.17, 15) is 13.2 Å². The summed E-state index contributed by atoms with van der Waals surface area (Å²) in [6.07, 6.45) is 0.427. The summed E-state index contributed by atoms with van der Waals surface area (Å²) in [6.45, 7) is 2.04. The quantitative estimate of drug-likeness (QED) is 0.773. The minimum atomic E-state index is -4.06. The molecule has 0 aromatic carbocycles. The van der Waals surface area contributed by atoms with Crippen molar-refractivity contribution in [1.29, 1.82) is 0 Å². The molecule has 0 radical (unpaired) electrons. The Morgan fingerprint density at radius 3 is 2.20 bits per heavy atom. The number of hydrogen-bond acceptors (Lipinski definition) is 1. The van der Waals surface area contributed by atoms with Gasteiger partial charge in [-0.05, 0) is 31.1 Å². The highest BCUT2D eigenvalue weighted by Crippen LogP contribution is 2.44. The number of alkyl halides is 3. The predicted molar refractivity (Wildman–Crippen MR) is 54.5 cm³/mol. The molecule has 1 unspecified atom stereocenters. The lowest BCUT2D eigenvalue weighted by Gasteiger charge is -2.34. The molecular formula is C11H20F3N. The Morgan fingerprint density at radius 1 is 1.27 bits per heavy atom. The van der Waals surface area contributed by atoms with Gasteiger partial charge in [-0.1, -0.05) is 19.8 Å². The number of rotatable bonds is 4. The van der Waals surface area contributed by atoms with E-state index >= 15 is 0 Å². The van der Waals surface area contributed by atoms with Gasteiger partial charge in [0.1, 0.15) is 0 Å². The van der Waals surface area contributed by atoms with Gasteiger partial charge in [0.25, 0.3) is 0 Å². The molecule has 4 heteroatoms. The molecule has 0 aliphatic heterocycles. The Kier molecular flexibility index (Phi) is 4.04. The zero-order chi connectivity index (χ0) is 11.5. The first-order valence-electron chi connectivity index (χ1n) is 5.72. The lowest BCUT2D eigenvalue weighted by molar-refractivity contribution is -0.137. The number of nitrogens with two attached hydrogens (primary N) is 1. The molecule has 0 amide bonds. The highest BCUT2D eigenvalue weighted by atomic mass is 19.4. The van der Waals surface area contributed by atoms with Gasteiger partial charge in [-0.2, -0.15) is 13.2 Å². The van der Waals surface area contributed by atoms with Crippen LogP contribution >= 0.6 is 0 Å². The monoisotopic (exact) mass is 223 g/mol. The third-order valence-electron chi connectivity index (χ3n) is 3.83. The van der Waals surface area contributed by atoms with E-state index in [1.54, 1.807) is 0 Å². The van der Waals surface area contributed by atoms with Gasteiger partial charge in [-0.15, -0.1) is 0 Å². The van der Waals surface area contributed by atoms with Crippen LogP contribution in [-0.4, -0.2) is 12.2 Å². The van der Waals surface area contributed by atoms with Crippen molar-refractivity contribution in [1.82, 2.24) is 0 Å². The Labute approximate surface area is 89.2 Å². The third-order valence-corrected chi connectivity index (χ3v) is 3.83. The summed E-state index contributed by atoms with van der Waals surface area (Å²) in [5, 5.41) is 0. The van der Waals surface area contributed by atoms with Gasteiger partial charge in [0.2, 0.25) is 0 Å². The summed E-state index contributed by atoms with van der Waals surface area (Å²) in [4.78, 5) is 0. The van der Waals surface area contributed by atoms with Gasteiger partial charge in [-0.25, -0.2) is 0 Å². The largest absolute Gasteiger partial charge is 0.389 e. The maximum Gasteiger partial charge on any atom is 0.389 e. The second-order valence-corrected chi connectivity index (χ2v) is 4.68. The van der Waals surface area contributed by atoms with Crippen LogP contribution in [0.5, 0.6) is 0 Å². The highest BCUT2D eigenvalue weighted by Gasteiger charge is 2.39. The Bertz CT molecular complexity index is 194. The van der Waals surface area contributed by atoms with E-state index in [1.807, 2.05) is 6.92 Å². The van der Waals surface area contributed by atoms with Crippen LogP contribution in [-0.2, 0) is 0 Å². The Morgan fingerprint density at radius 2 is 1.80 bits per heavy atom. The van der Waals surface area contributed by atoms with Crippen LogP contribution in [0, 0.1) is 5.41 Å². The van der Waals surface area contributed by atoms with Crippen LogP contribution in [0.15, 0.2) is 0 Å². The SMILES string of the molecule is CCC1(C(N)CCC(F)(F)F)CCCC1. The highest BCUT2D eigenvalue weighted by molar-refractivity contribution is 4.92. The minimum absolute atomic E-state index is 0.00868. The van der Waals surface area contributed by atoms with Crippen molar-refractivity contribution in [2.24, 2.45) is 11.1 Å². The smallest absolute Gasteiger partial charge is 0.327 e. The standard InChI is InChI=1S/C11H20F3N/c1-2-10(6-3-4-7-10)9(15)5-8-11(12,13)14/h9H,2-8,15H2,1H3. The summed E-state index contributed by atoms with van der Waals surface area (Å²) in [5.41, 5.74) is 5.92. The second kappa shape index (κ2) is 4.73. The second-order valence-electron chi connectivity index (χ2n) is 4.68. The Balaban J connectivity index is 2.47. The summed E-state index contributed by atoms with van der Waals surface area (Å²) in [5.74, 6) is 0. The molecule has 0 spiro atoms. The topological polar surface area (TPSA) is 26.0 Å². The summed E-state index contributed by atoms with van der Waals surface area (Å²) in [6, 6.07) is -0.286. The molecule has 15 heavy (non-hydrogen) atoms. The van der Waals surface area contributed by atoms with Crippen molar-refractivity contribution in [3.8, 4) is 0 Å². The fraction of sp³-hybridized carbons (Fsp3) is 1.00. The first-order valence-corrected chi connectivity index (χ1v) is 5.72. The van der Waals surface area contributed by atoms with E-state index < -0.39 is 12.6 Å². The predicted octanol–water partition coefficient (Wildman–Crippen LogP) is 3.63. The van der Waals surface area contributed by atoms with Crippen molar-refractivity contribution >= 4 is 0 Å². The van der Waals surface area contributed by atoms with Crippen molar-refractivity contribution < 1.29 is 13.2 Å². The van der Waals surface area contributed by atoms with E-state index in [-0.39, 0.29) is 17.9 Å². The molecule has 1 aliphatic rings. The summed E-state index contributed by atoms with van der Waals surface area (Å²) in [7, 11) is 0. The van der Waals surface area contributed by atoms with Gasteiger partial charge in [0, 0.05) is 12.5 Å². The first-order chi connectivity index (χ1) is 6.90. The van der Waals surface area contributed by atoms with Crippen LogP contribution in [0.3, 0.4) is 0 Å². The maximum absolute atomic E-state index is 12.1. The molecule has 1 rings (SSSR count). The average molecular weight is 223 g/mol. The van der Waals surface area contributed by atoms with Gasteiger partial charge < -0.3 is 5.73 Å². The molecular weight excluding hydrogens is 203 g/mol. The fourth-order valence-corrected chi connectivity index (χ4v) is 2.69. The average Bonchev–Trinajstić information content (AvgIpc) is 2.62. The van der Waals surface area contributed by atoms with Gasteiger partial charge in [0.15, 0.2) is 0 Å². The molecule has 0 saturated heterocycles. The number of hydrogen-bond donors (Lipinski definition) is 1. The Hall–Kier alpha value is -0.250. The molecule has 1 atom stereocenters. The van der Waals surface area contributed by atoms with Crippen molar-refractivity contribution in [3.05, 3.63) is 0 Å². The van der Waals surface area contributed by atoms with Crippen LogP contribution < -0.4 is 5.73 Å². The van der Waals surface area contributed by atoms with Crippen LogP contribution in [0.2, 0.25) is 0 Å². The molecule has 0 heterocycles.